The van der Waals surface area contributed by atoms with Gasteiger partial charge >= 0.3 is 0 Å². The molecule has 2 nitrogen and oxygen atoms in total. The number of nitrogens with zero attached hydrogens (tertiary/aromatic N) is 1. The summed E-state index contributed by atoms with van der Waals surface area (Å²) in [6, 6.07) is 6.04. The van der Waals surface area contributed by atoms with E-state index in [0.717, 1.165) is 33.7 Å². The number of hydrogen-bond acceptors (Lipinski definition) is 2. The maximum Gasteiger partial charge on any atom is 0.0752 e. The molecule has 0 radical (unpaired) electrons. The molecule has 1 aromatic heterocycles. The number of halogens is 1. The Morgan fingerprint density at radius 3 is 2.80 bits per heavy atom. The number of aromatic nitrogens is 1. The fraction of sp³-hybridized carbons (Fsp3) is 0.471. The van der Waals surface area contributed by atoms with Gasteiger partial charge in [0.1, 0.15) is 0 Å². The topological polar surface area (TPSA) is 24.9 Å². The number of fused-ring (bicyclic) bond motifs is 1. The van der Waals surface area contributed by atoms with Gasteiger partial charge in [0.05, 0.1) is 16.2 Å². The van der Waals surface area contributed by atoms with Crippen molar-refractivity contribution in [3.63, 3.8) is 0 Å². The van der Waals surface area contributed by atoms with Gasteiger partial charge in [-0.1, -0.05) is 44.2 Å². The first-order valence-corrected chi connectivity index (χ1v) is 7.89. The number of anilines is 1. The van der Waals surface area contributed by atoms with Gasteiger partial charge in [-0.05, 0) is 37.1 Å². The van der Waals surface area contributed by atoms with Gasteiger partial charge in [0, 0.05) is 18.1 Å². The van der Waals surface area contributed by atoms with Gasteiger partial charge in [-0.2, -0.15) is 0 Å². The number of nitrogens with one attached hydrogen (secondary N) is 1. The lowest BCUT2D eigenvalue weighted by Gasteiger charge is -2.13. The Balaban J connectivity index is 2.06. The Morgan fingerprint density at radius 1 is 1.20 bits per heavy atom. The van der Waals surface area contributed by atoms with Crippen molar-refractivity contribution in [2.45, 2.75) is 46.0 Å². The summed E-state index contributed by atoms with van der Waals surface area (Å²) in [6.45, 7) is 5.26. The Labute approximate surface area is 126 Å². The second-order valence-electron chi connectivity index (χ2n) is 5.29. The molecule has 2 aromatic rings. The first-order chi connectivity index (χ1) is 9.74. The second kappa shape index (κ2) is 7.49. The van der Waals surface area contributed by atoms with Gasteiger partial charge in [0.25, 0.3) is 0 Å². The lowest BCUT2D eigenvalue weighted by molar-refractivity contribution is 0.645. The Kier molecular flexibility index (Phi) is 5.66. The number of rotatable bonds is 7. The van der Waals surface area contributed by atoms with Crippen molar-refractivity contribution >= 4 is 28.2 Å². The molecule has 0 aliphatic carbocycles. The third kappa shape index (κ3) is 3.63. The van der Waals surface area contributed by atoms with Crippen LogP contribution in [0.25, 0.3) is 10.9 Å². The van der Waals surface area contributed by atoms with Crippen molar-refractivity contribution in [3.8, 4) is 0 Å². The Bertz CT molecular complexity index is 566. The zero-order chi connectivity index (χ0) is 14.4. The highest BCUT2D eigenvalue weighted by Crippen LogP contribution is 2.32. The number of hydrogen-bond donors (Lipinski definition) is 1. The largest absolute Gasteiger partial charge is 0.383 e. The third-order valence-corrected chi connectivity index (χ3v) is 3.91. The van der Waals surface area contributed by atoms with Crippen LogP contribution in [0.3, 0.4) is 0 Å². The van der Waals surface area contributed by atoms with Crippen molar-refractivity contribution < 1.29 is 0 Å². The van der Waals surface area contributed by atoms with E-state index >= 15 is 0 Å². The Morgan fingerprint density at radius 2 is 2.00 bits per heavy atom. The van der Waals surface area contributed by atoms with E-state index < -0.39 is 0 Å². The highest BCUT2D eigenvalue weighted by atomic mass is 35.5. The van der Waals surface area contributed by atoms with Crippen LogP contribution < -0.4 is 5.32 Å². The van der Waals surface area contributed by atoms with Gasteiger partial charge in [-0.15, -0.1) is 0 Å². The van der Waals surface area contributed by atoms with Crippen LogP contribution in [0.4, 0.5) is 5.69 Å². The molecule has 108 valence electrons. The van der Waals surface area contributed by atoms with E-state index in [1.807, 2.05) is 18.3 Å². The van der Waals surface area contributed by atoms with Crippen LogP contribution in [0.1, 0.15) is 44.6 Å². The van der Waals surface area contributed by atoms with Crippen LogP contribution in [0.2, 0.25) is 5.02 Å². The number of pyridine rings is 1. The fourth-order valence-corrected chi connectivity index (χ4v) is 2.83. The van der Waals surface area contributed by atoms with Crippen LogP contribution in [0, 0.1) is 6.92 Å². The predicted molar refractivity (Wildman–Crippen MR) is 88.7 cm³/mol. The van der Waals surface area contributed by atoms with Crippen LogP contribution in [-0.2, 0) is 0 Å². The van der Waals surface area contributed by atoms with E-state index in [-0.39, 0.29) is 0 Å². The first kappa shape index (κ1) is 15.1. The van der Waals surface area contributed by atoms with Crippen LogP contribution in [0.15, 0.2) is 24.4 Å². The van der Waals surface area contributed by atoms with Crippen molar-refractivity contribution in [1.29, 1.82) is 0 Å². The Hall–Kier alpha value is -1.28. The second-order valence-corrected chi connectivity index (χ2v) is 5.70. The SMILES string of the molecule is CCCCCCCNc1c(Cl)cc(C)c2ncccc12. The van der Waals surface area contributed by atoms with Gasteiger partial charge < -0.3 is 5.32 Å². The summed E-state index contributed by atoms with van der Waals surface area (Å²) < 4.78 is 0. The van der Waals surface area contributed by atoms with E-state index in [0.29, 0.717) is 0 Å². The molecule has 20 heavy (non-hydrogen) atoms. The molecule has 0 bridgehead atoms. The summed E-state index contributed by atoms with van der Waals surface area (Å²) in [5, 5.41) is 5.39. The molecule has 0 unspecified atom stereocenters. The van der Waals surface area contributed by atoms with Gasteiger partial charge in [0.15, 0.2) is 0 Å². The molecule has 0 saturated carbocycles. The summed E-state index contributed by atoms with van der Waals surface area (Å²) in [7, 11) is 0. The predicted octanol–water partition coefficient (Wildman–Crippen LogP) is 5.58. The van der Waals surface area contributed by atoms with Gasteiger partial charge in [-0.25, -0.2) is 0 Å². The van der Waals surface area contributed by atoms with E-state index in [2.05, 4.69) is 30.2 Å². The summed E-state index contributed by atoms with van der Waals surface area (Å²) in [5.41, 5.74) is 3.18. The zero-order valence-electron chi connectivity index (χ0n) is 12.4. The lowest BCUT2D eigenvalue weighted by atomic mass is 10.1. The molecule has 0 amide bonds. The minimum absolute atomic E-state index is 0.788. The summed E-state index contributed by atoms with van der Waals surface area (Å²) >= 11 is 6.38. The van der Waals surface area contributed by atoms with Crippen molar-refractivity contribution in [2.75, 3.05) is 11.9 Å². The average molecular weight is 291 g/mol. The number of benzene rings is 1. The highest BCUT2D eigenvalue weighted by molar-refractivity contribution is 6.35. The summed E-state index contributed by atoms with van der Waals surface area (Å²) in [4.78, 5) is 4.45. The quantitative estimate of drug-likeness (QED) is 0.673. The third-order valence-electron chi connectivity index (χ3n) is 3.61. The molecule has 0 atom stereocenters. The monoisotopic (exact) mass is 290 g/mol. The molecule has 0 saturated heterocycles. The van der Waals surface area contributed by atoms with Crippen molar-refractivity contribution in [1.82, 2.24) is 4.98 Å². The summed E-state index contributed by atoms with van der Waals surface area (Å²) in [6.07, 6.45) is 8.23. The van der Waals surface area contributed by atoms with Crippen LogP contribution in [0.5, 0.6) is 0 Å². The normalized spacial score (nSPS) is 10.9. The standard InChI is InChI=1S/C17H23ClN2/c1-3-4-5-6-7-10-20-17-14-9-8-11-19-16(14)13(2)12-15(17)18/h8-9,11-12,20H,3-7,10H2,1-2H3. The van der Waals surface area contributed by atoms with Crippen LogP contribution in [-0.4, -0.2) is 11.5 Å². The molecule has 0 aliphatic heterocycles. The number of aryl methyl sites for hydroxylation is 1. The average Bonchev–Trinajstić information content (AvgIpc) is 2.45. The van der Waals surface area contributed by atoms with Crippen molar-refractivity contribution in [2.24, 2.45) is 0 Å². The summed E-state index contributed by atoms with van der Waals surface area (Å²) in [5.74, 6) is 0. The van der Waals surface area contributed by atoms with E-state index in [9.17, 15) is 0 Å². The molecule has 0 spiro atoms. The van der Waals surface area contributed by atoms with Crippen molar-refractivity contribution in [3.05, 3.63) is 35.0 Å². The molecule has 0 aliphatic rings. The zero-order valence-corrected chi connectivity index (χ0v) is 13.1. The van der Waals surface area contributed by atoms with Gasteiger partial charge in [0.2, 0.25) is 0 Å². The molecular weight excluding hydrogens is 268 g/mol. The molecular formula is C17H23ClN2. The van der Waals surface area contributed by atoms with E-state index in [1.54, 1.807) is 0 Å². The molecule has 1 heterocycles. The molecule has 1 aromatic carbocycles. The smallest absolute Gasteiger partial charge is 0.0752 e. The minimum atomic E-state index is 0.788. The van der Waals surface area contributed by atoms with Gasteiger partial charge in [-0.3, -0.25) is 4.98 Å². The maximum absolute atomic E-state index is 6.38. The first-order valence-electron chi connectivity index (χ1n) is 7.51. The van der Waals surface area contributed by atoms with E-state index in [4.69, 9.17) is 11.6 Å². The minimum Gasteiger partial charge on any atom is -0.383 e. The van der Waals surface area contributed by atoms with Crippen LogP contribution >= 0.6 is 11.6 Å². The number of unbranched alkanes of at least 4 members (excludes halogenated alkanes) is 4. The molecule has 0 fully saturated rings. The molecule has 1 N–H and O–H groups in total. The molecule has 3 heteroatoms. The fourth-order valence-electron chi connectivity index (χ4n) is 2.50. The molecule has 2 rings (SSSR count). The lowest BCUT2D eigenvalue weighted by Crippen LogP contribution is -2.03. The van der Waals surface area contributed by atoms with E-state index in [1.165, 1.54) is 32.1 Å². The maximum atomic E-state index is 6.38. The highest BCUT2D eigenvalue weighted by Gasteiger charge is 2.08.